The minimum Gasteiger partial charge on any atom is -0.309 e. The molecule has 0 atom stereocenters. The Hall–Kier alpha value is -7.46. The van der Waals surface area contributed by atoms with Gasteiger partial charge < -0.3 is 9.47 Å². The topological polar surface area (TPSA) is 8.17 Å². The number of aromatic nitrogens is 1. The third-order valence-electron chi connectivity index (χ3n) is 12.0. The number of hydrogen-bond donors (Lipinski definition) is 0. The second-order valence-corrected chi connectivity index (χ2v) is 16.4. The van der Waals surface area contributed by atoms with E-state index in [2.05, 4.69) is 228 Å². The van der Waals surface area contributed by atoms with Gasteiger partial charge in [-0.05, 0) is 82.1 Å². The molecule has 0 unspecified atom stereocenters. The van der Waals surface area contributed by atoms with E-state index >= 15 is 0 Å². The highest BCUT2D eigenvalue weighted by molar-refractivity contribution is 7.25. The van der Waals surface area contributed by atoms with Crippen LogP contribution in [0.3, 0.4) is 0 Å². The van der Waals surface area contributed by atoms with Crippen LogP contribution in [-0.4, -0.2) is 4.57 Å². The lowest BCUT2D eigenvalue weighted by atomic mass is 9.97. The normalized spacial score (nSPS) is 11.7. The van der Waals surface area contributed by atoms with Gasteiger partial charge in [-0.2, -0.15) is 0 Å². The molecule has 0 radical (unpaired) electrons. The van der Waals surface area contributed by atoms with Crippen LogP contribution in [0.1, 0.15) is 0 Å². The van der Waals surface area contributed by atoms with Gasteiger partial charge >= 0.3 is 0 Å². The van der Waals surface area contributed by atoms with Crippen LogP contribution >= 0.6 is 11.3 Å². The SMILES string of the molecule is c1ccc(N(c2cccc3ccccc23)c2cccc3ccccc23)c(-c2ccc(-c3ccc4c5ccccc5n(-c5ccc6sc7ccccc7c6c5)c4c3)cc2)c1. The Labute approximate surface area is 346 Å². The van der Waals surface area contributed by atoms with Crippen LogP contribution in [0.15, 0.2) is 218 Å². The molecule has 0 spiro atoms. The molecule has 0 fully saturated rings. The van der Waals surface area contributed by atoms with Crippen LogP contribution in [0.4, 0.5) is 17.1 Å². The molecule has 59 heavy (non-hydrogen) atoms. The number of nitrogens with zero attached hydrogens (tertiary/aromatic N) is 2. The Bertz CT molecular complexity index is 3480. The number of rotatable bonds is 6. The highest BCUT2D eigenvalue weighted by atomic mass is 32.1. The average Bonchev–Trinajstić information content (AvgIpc) is 3.84. The maximum absolute atomic E-state index is 2.46. The molecule has 0 amide bonds. The second kappa shape index (κ2) is 13.6. The van der Waals surface area contributed by atoms with Crippen LogP contribution in [-0.2, 0) is 0 Å². The molecular weight excluding hydrogens is 733 g/mol. The lowest BCUT2D eigenvalue weighted by molar-refractivity contribution is 1.19. The summed E-state index contributed by atoms with van der Waals surface area (Å²) in [6, 6.07) is 80.0. The summed E-state index contributed by atoms with van der Waals surface area (Å²) in [6.45, 7) is 0. The first kappa shape index (κ1) is 33.7. The van der Waals surface area contributed by atoms with E-state index in [1.807, 2.05) is 11.3 Å². The van der Waals surface area contributed by atoms with Crippen molar-refractivity contribution in [3.8, 4) is 27.9 Å². The molecule has 0 aliphatic carbocycles. The molecule has 2 heterocycles. The number of anilines is 3. The Morgan fingerprint density at radius 2 is 0.864 bits per heavy atom. The van der Waals surface area contributed by atoms with Crippen molar-refractivity contribution in [2.24, 2.45) is 0 Å². The van der Waals surface area contributed by atoms with E-state index in [1.165, 1.54) is 91.5 Å². The second-order valence-electron chi connectivity index (χ2n) is 15.3. The maximum atomic E-state index is 2.46. The van der Waals surface area contributed by atoms with Crippen molar-refractivity contribution in [1.29, 1.82) is 0 Å². The molecule has 0 saturated heterocycles. The standard InChI is InChI=1S/C56H36N2S/c1-3-17-43-38(13-1)15-11-24-51(43)58(52-25-12-16-39-14-2-4-18-44(39)52)50-22-8-5-19-45(50)40-29-27-37(28-30-40)41-31-33-47-46-20-6-9-23-53(46)57(54(47)35-41)42-32-34-56-49(36-42)48-21-7-10-26-55(48)59-56/h1-36H. The minimum atomic E-state index is 1.13. The Kier molecular flexibility index (Phi) is 7.75. The van der Waals surface area contributed by atoms with Crippen LogP contribution in [0.5, 0.6) is 0 Å². The van der Waals surface area contributed by atoms with Gasteiger partial charge in [0.15, 0.2) is 0 Å². The van der Waals surface area contributed by atoms with Gasteiger partial charge in [-0.3, -0.25) is 0 Å². The van der Waals surface area contributed by atoms with Crippen molar-refractivity contribution in [2.75, 3.05) is 4.90 Å². The summed E-state index contributed by atoms with van der Waals surface area (Å²) in [5, 5.41) is 10.00. The molecule has 0 bridgehead atoms. The summed E-state index contributed by atoms with van der Waals surface area (Å²) in [4.78, 5) is 2.46. The number of benzene rings is 10. The summed E-state index contributed by atoms with van der Waals surface area (Å²) >= 11 is 1.86. The van der Waals surface area contributed by atoms with Crippen molar-refractivity contribution >= 4 is 91.9 Å². The fourth-order valence-electron chi connectivity index (χ4n) is 9.23. The monoisotopic (exact) mass is 768 g/mol. The largest absolute Gasteiger partial charge is 0.309 e. The predicted molar refractivity (Wildman–Crippen MR) is 254 cm³/mol. The van der Waals surface area contributed by atoms with Crippen molar-refractivity contribution in [2.45, 2.75) is 0 Å². The average molecular weight is 769 g/mol. The summed E-state index contributed by atoms with van der Waals surface area (Å²) < 4.78 is 5.08. The number of fused-ring (bicyclic) bond motifs is 8. The molecule has 2 nitrogen and oxygen atoms in total. The molecular formula is C56H36N2S. The van der Waals surface area contributed by atoms with Gasteiger partial charge in [0.2, 0.25) is 0 Å². The Balaban J connectivity index is 0.990. The maximum Gasteiger partial charge on any atom is 0.0547 e. The molecule has 0 saturated carbocycles. The predicted octanol–water partition coefficient (Wildman–Crippen LogP) is 16.3. The number of hydrogen-bond acceptors (Lipinski definition) is 2. The highest BCUT2D eigenvalue weighted by Gasteiger charge is 2.21. The molecule has 0 aliphatic heterocycles. The zero-order valence-corrected chi connectivity index (χ0v) is 32.9. The Morgan fingerprint density at radius 3 is 1.63 bits per heavy atom. The van der Waals surface area contributed by atoms with Gasteiger partial charge in [0.05, 0.1) is 28.1 Å². The smallest absolute Gasteiger partial charge is 0.0547 e. The van der Waals surface area contributed by atoms with Gasteiger partial charge in [-0.25, -0.2) is 0 Å². The first-order valence-corrected chi connectivity index (χ1v) is 21.0. The summed E-state index contributed by atoms with van der Waals surface area (Å²) in [7, 11) is 0. The van der Waals surface area contributed by atoms with Crippen molar-refractivity contribution < 1.29 is 0 Å². The van der Waals surface area contributed by atoms with Crippen molar-refractivity contribution in [3.05, 3.63) is 218 Å². The van der Waals surface area contributed by atoms with Crippen LogP contribution in [0.2, 0.25) is 0 Å². The highest BCUT2D eigenvalue weighted by Crippen LogP contribution is 2.46. The third-order valence-corrected chi connectivity index (χ3v) is 13.1. The third kappa shape index (κ3) is 5.47. The molecule has 276 valence electrons. The first-order chi connectivity index (χ1) is 29.3. The summed E-state index contributed by atoms with van der Waals surface area (Å²) in [5.41, 5.74) is 11.8. The van der Waals surface area contributed by atoms with Gasteiger partial charge in [-0.1, -0.05) is 164 Å². The minimum absolute atomic E-state index is 1.13. The zero-order chi connectivity index (χ0) is 38.9. The van der Waals surface area contributed by atoms with Gasteiger partial charge in [0.1, 0.15) is 0 Å². The fourth-order valence-corrected chi connectivity index (χ4v) is 10.3. The lowest BCUT2D eigenvalue weighted by Gasteiger charge is -2.30. The number of para-hydroxylation sites is 2. The van der Waals surface area contributed by atoms with Gasteiger partial charge in [0, 0.05) is 53.0 Å². The quantitative estimate of drug-likeness (QED) is 0.164. The molecule has 10 aromatic carbocycles. The molecule has 2 aromatic heterocycles. The lowest BCUT2D eigenvalue weighted by Crippen LogP contribution is -2.12. The van der Waals surface area contributed by atoms with E-state index in [1.54, 1.807) is 0 Å². The summed E-state index contributed by atoms with van der Waals surface area (Å²) in [6.07, 6.45) is 0. The van der Waals surface area contributed by atoms with Crippen LogP contribution < -0.4 is 4.90 Å². The van der Waals surface area contributed by atoms with Gasteiger partial charge in [-0.15, -0.1) is 11.3 Å². The van der Waals surface area contributed by atoms with E-state index in [-0.39, 0.29) is 0 Å². The summed E-state index contributed by atoms with van der Waals surface area (Å²) in [5.74, 6) is 0. The molecule has 12 rings (SSSR count). The van der Waals surface area contributed by atoms with Crippen LogP contribution in [0.25, 0.3) is 91.5 Å². The number of thiophene rings is 1. The van der Waals surface area contributed by atoms with E-state index in [0.717, 1.165) is 17.1 Å². The van der Waals surface area contributed by atoms with Crippen molar-refractivity contribution in [1.82, 2.24) is 4.57 Å². The van der Waals surface area contributed by atoms with E-state index in [0.29, 0.717) is 0 Å². The van der Waals surface area contributed by atoms with E-state index in [9.17, 15) is 0 Å². The van der Waals surface area contributed by atoms with Gasteiger partial charge in [0.25, 0.3) is 0 Å². The van der Waals surface area contributed by atoms with Crippen molar-refractivity contribution in [3.63, 3.8) is 0 Å². The van der Waals surface area contributed by atoms with E-state index < -0.39 is 0 Å². The molecule has 12 aromatic rings. The fraction of sp³-hybridized carbons (Fsp3) is 0. The first-order valence-electron chi connectivity index (χ1n) is 20.2. The zero-order valence-electron chi connectivity index (χ0n) is 32.1. The molecule has 3 heteroatoms. The Morgan fingerprint density at radius 1 is 0.322 bits per heavy atom. The molecule has 0 N–H and O–H groups in total. The van der Waals surface area contributed by atoms with Crippen LogP contribution in [0, 0.1) is 0 Å². The van der Waals surface area contributed by atoms with E-state index in [4.69, 9.17) is 0 Å². The molecule has 0 aliphatic rings.